The predicted molar refractivity (Wildman–Crippen MR) is 83.2 cm³/mol. The number of nitrogens with zero attached hydrogens (tertiary/aromatic N) is 1. The molecule has 0 fully saturated rings. The molecule has 0 radical (unpaired) electrons. The Labute approximate surface area is 120 Å². The Balaban J connectivity index is 2.47. The van der Waals surface area contributed by atoms with Crippen LogP contribution in [0.3, 0.4) is 0 Å². The molecule has 3 heteroatoms. The summed E-state index contributed by atoms with van der Waals surface area (Å²) in [6, 6.07) is 14.6. The lowest BCUT2D eigenvalue weighted by Crippen LogP contribution is -2.35. The van der Waals surface area contributed by atoms with Gasteiger partial charge in [-0.1, -0.05) is 48.7 Å². The summed E-state index contributed by atoms with van der Waals surface area (Å²) in [4.78, 5) is 0. The Hall–Kier alpha value is -2.06. The zero-order valence-corrected chi connectivity index (χ0v) is 12.2. The van der Waals surface area contributed by atoms with Crippen LogP contribution in [0.4, 0.5) is 0 Å². The van der Waals surface area contributed by atoms with Crippen LogP contribution < -0.4 is 5.43 Å². The Morgan fingerprint density at radius 3 is 2.50 bits per heavy atom. The standard InChI is InChI=1S/C17H20N2O/c1-5-16(20-4)17(18-19(2)3)15-11-10-13-8-6-7-9-14(13)12-15/h6-12,17-18H,1H2,2-4H3. The van der Waals surface area contributed by atoms with Gasteiger partial charge in [0, 0.05) is 14.1 Å². The highest BCUT2D eigenvalue weighted by Gasteiger charge is 2.18. The topological polar surface area (TPSA) is 24.5 Å². The smallest absolute Gasteiger partial charge is 0.160 e. The minimum absolute atomic E-state index is 0.0999. The third-order valence-corrected chi connectivity index (χ3v) is 3.15. The van der Waals surface area contributed by atoms with Gasteiger partial charge in [0.05, 0.1) is 7.11 Å². The molecule has 2 aromatic carbocycles. The maximum absolute atomic E-state index is 5.38. The Morgan fingerprint density at radius 2 is 1.90 bits per heavy atom. The van der Waals surface area contributed by atoms with Crippen LogP contribution in [0.2, 0.25) is 0 Å². The summed E-state index contributed by atoms with van der Waals surface area (Å²) in [5, 5.41) is 4.33. The average Bonchev–Trinajstić information content (AvgIpc) is 2.46. The lowest BCUT2D eigenvalue weighted by Gasteiger charge is -2.24. The van der Waals surface area contributed by atoms with Crippen molar-refractivity contribution >= 4 is 10.8 Å². The number of ether oxygens (including phenoxy) is 1. The lowest BCUT2D eigenvalue weighted by atomic mass is 10.0. The minimum Gasteiger partial charge on any atom is -0.491 e. The largest absolute Gasteiger partial charge is 0.491 e. The summed E-state index contributed by atoms with van der Waals surface area (Å²) in [5.74, 6) is 0.675. The molecule has 0 aliphatic rings. The van der Waals surface area contributed by atoms with E-state index in [2.05, 4.69) is 48.1 Å². The molecular formula is C17H20N2O. The van der Waals surface area contributed by atoms with E-state index in [-0.39, 0.29) is 6.04 Å². The molecular weight excluding hydrogens is 248 g/mol. The van der Waals surface area contributed by atoms with Crippen LogP contribution in [0.15, 0.2) is 60.5 Å². The van der Waals surface area contributed by atoms with Crippen LogP contribution >= 0.6 is 0 Å². The molecule has 1 atom stereocenters. The highest BCUT2D eigenvalue weighted by molar-refractivity contribution is 5.83. The molecule has 1 N–H and O–H groups in total. The van der Waals surface area contributed by atoms with Gasteiger partial charge in [-0.3, -0.25) is 0 Å². The Morgan fingerprint density at radius 1 is 1.20 bits per heavy atom. The normalized spacial score (nSPS) is 12.2. The molecule has 0 heterocycles. The molecule has 0 saturated heterocycles. The quantitative estimate of drug-likeness (QED) is 0.512. The van der Waals surface area contributed by atoms with Crippen molar-refractivity contribution in [2.24, 2.45) is 0 Å². The zero-order chi connectivity index (χ0) is 14.5. The van der Waals surface area contributed by atoms with E-state index in [9.17, 15) is 0 Å². The van der Waals surface area contributed by atoms with Gasteiger partial charge in [-0.15, -0.1) is 0 Å². The van der Waals surface area contributed by atoms with Crippen LogP contribution in [0, 0.1) is 0 Å². The Bertz CT molecular complexity index is 642. The van der Waals surface area contributed by atoms with E-state index in [4.69, 9.17) is 4.74 Å². The number of fused-ring (bicyclic) bond motifs is 1. The van der Waals surface area contributed by atoms with Crippen LogP contribution in [0.1, 0.15) is 11.6 Å². The molecule has 0 bridgehead atoms. The van der Waals surface area contributed by atoms with Crippen LogP contribution in [-0.4, -0.2) is 26.2 Å². The van der Waals surface area contributed by atoms with Gasteiger partial charge in [0.15, 0.2) is 5.76 Å². The first-order valence-corrected chi connectivity index (χ1v) is 6.52. The number of methoxy groups -OCH3 is 1. The molecule has 104 valence electrons. The fourth-order valence-corrected chi connectivity index (χ4v) is 2.22. The van der Waals surface area contributed by atoms with Gasteiger partial charge in [-0.05, 0) is 22.4 Å². The first-order valence-electron chi connectivity index (χ1n) is 6.52. The molecule has 2 rings (SSSR count). The monoisotopic (exact) mass is 268 g/mol. The van der Waals surface area contributed by atoms with Crippen molar-refractivity contribution in [2.45, 2.75) is 6.04 Å². The van der Waals surface area contributed by atoms with Gasteiger partial charge < -0.3 is 4.74 Å². The summed E-state index contributed by atoms with van der Waals surface area (Å²) in [5.41, 5.74) is 7.31. The molecule has 0 amide bonds. The van der Waals surface area contributed by atoms with E-state index in [1.807, 2.05) is 31.2 Å². The fourth-order valence-electron chi connectivity index (χ4n) is 2.22. The van der Waals surface area contributed by atoms with Crippen LogP contribution in [0.5, 0.6) is 0 Å². The molecule has 3 nitrogen and oxygen atoms in total. The highest BCUT2D eigenvalue weighted by Crippen LogP contribution is 2.25. The predicted octanol–water partition coefficient (Wildman–Crippen LogP) is 3.26. The number of hydrazine groups is 1. The van der Waals surface area contributed by atoms with E-state index in [1.54, 1.807) is 7.11 Å². The van der Waals surface area contributed by atoms with Crippen molar-refractivity contribution in [3.8, 4) is 0 Å². The van der Waals surface area contributed by atoms with Crippen molar-refractivity contribution in [3.63, 3.8) is 0 Å². The van der Waals surface area contributed by atoms with Gasteiger partial charge in [-0.25, -0.2) is 10.4 Å². The second kappa shape index (κ2) is 6.40. The van der Waals surface area contributed by atoms with E-state index < -0.39 is 0 Å². The van der Waals surface area contributed by atoms with Gasteiger partial charge in [-0.2, -0.15) is 0 Å². The average molecular weight is 268 g/mol. The first-order chi connectivity index (χ1) is 9.65. The molecule has 2 aromatic rings. The van der Waals surface area contributed by atoms with E-state index in [0.717, 1.165) is 5.56 Å². The van der Waals surface area contributed by atoms with E-state index >= 15 is 0 Å². The maximum atomic E-state index is 5.38. The summed E-state index contributed by atoms with van der Waals surface area (Å²) >= 11 is 0. The Kier molecular flexibility index (Phi) is 4.59. The van der Waals surface area contributed by atoms with Gasteiger partial charge in [0.1, 0.15) is 6.04 Å². The second-order valence-corrected chi connectivity index (χ2v) is 4.81. The summed E-state index contributed by atoms with van der Waals surface area (Å²) < 4.78 is 5.38. The molecule has 0 saturated carbocycles. The first kappa shape index (κ1) is 14.4. The number of hydrogen-bond acceptors (Lipinski definition) is 3. The summed E-state index contributed by atoms with van der Waals surface area (Å²) in [7, 11) is 5.54. The zero-order valence-electron chi connectivity index (χ0n) is 12.2. The summed E-state index contributed by atoms with van der Waals surface area (Å²) in [6.45, 7) is 3.70. The fraction of sp³-hybridized carbons (Fsp3) is 0.235. The molecule has 0 aliphatic carbocycles. The third-order valence-electron chi connectivity index (χ3n) is 3.15. The molecule has 20 heavy (non-hydrogen) atoms. The van der Waals surface area contributed by atoms with Crippen molar-refractivity contribution in [1.82, 2.24) is 10.4 Å². The molecule has 0 aliphatic heterocycles. The van der Waals surface area contributed by atoms with Gasteiger partial charge >= 0.3 is 0 Å². The molecule has 0 aromatic heterocycles. The van der Waals surface area contributed by atoms with Crippen molar-refractivity contribution in [1.29, 1.82) is 0 Å². The van der Waals surface area contributed by atoms with Gasteiger partial charge in [0.2, 0.25) is 0 Å². The van der Waals surface area contributed by atoms with Crippen molar-refractivity contribution in [2.75, 3.05) is 21.2 Å². The third kappa shape index (κ3) is 3.09. The maximum Gasteiger partial charge on any atom is 0.160 e. The lowest BCUT2D eigenvalue weighted by molar-refractivity contribution is 0.190. The van der Waals surface area contributed by atoms with Crippen molar-refractivity contribution < 1.29 is 4.74 Å². The van der Waals surface area contributed by atoms with E-state index in [0.29, 0.717) is 5.76 Å². The SMILES string of the molecule is C=C=C(OC)C(NN(C)C)c1ccc2ccccc2c1. The van der Waals surface area contributed by atoms with Crippen LogP contribution in [0.25, 0.3) is 10.8 Å². The second-order valence-electron chi connectivity index (χ2n) is 4.81. The number of benzene rings is 2. The number of rotatable bonds is 5. The van der Waals surface area contributed by atoms with Crippen molar-refractivity contribution in [3.05, 3.63) is 66.1 Å². The molecule has 1 unspecified atom stereocenters. The molecule has 0 spiro atoms. The minimum atomic E-state index is -0.0999. The highest BCUT2D eigenvalue weighted by atomic mass is 16.5. The van der Waals surface area contributed by atoms with Crippen LogP contribution in [-0.2, 0) is 4.74 Å². The van der Waals surface area contributed by atoms with E-state index in [1.165, 1.54) is 10.8 Å². The number of hydrogen-bond donors (Lipinski definition) is 1. The van der Waals surface area contributed by atoms with Gasteiger partial charge in [0.25, 0.3) is 0 Å². The number of nitrogens with one attached hydrogen (secondary N) is 1. The summed E-state index contributed by atoms with van der Waals surface area (Å²) in [6.07, 6.45) is 0.